The van der Waals surface area contributed by atoms with E-state index in [-0.39, 0.29) is 11.3 Å². The molecule has 0 spiro atoms. The number of guanidine groups is 1. The molecule has 0 saturated carbocycles. The van der Waals surface area contributed by atoms with Gasteiger partial charge in [-0.2, -0.15) is 13.2 Å². The highest BCUT2D eigenvalue weighted by Crippen LogP contribution is 2.22. The highest BCUT2D eigenvalue weighted by molar-refractivity contribution is 5.79. The molecule has 158 valence electrons. The maximum Gasteiger partial charge on any atom is 0.422 e. The van der Waals surface area contributed by atoms with Crippen LogP contribution in [0.5, 0.6) is 5.75 Å². The number of rotatable bonds is 7. The number of para-hydroxylation sites is 1. The SMILES string of the molecule is CN=C(NCc1ccccc1OCC(F)(F)F)NCC(C)(C)N1CCOCC1. The quantitative estimate of drug-likeness (QED) is 0.542. The fourth-order valence-electron chi connectivity index (χ4n) is 2.93. The standard InChI is InChI=1S/C19H29F3N4O2/c1-18(2,26-8-10-27-11-9-26)13-25-17(23-3)24-12-15-6-4-5-7-16(15)28-14-19(20,21)22/h4-7H,8-14H2,1-3H3,(H2,23,24,25). The number of alkyl halides is 3. The van der Waals surface area contributed by atoms with Crippen LogP contribution in [-0.2, 0) is 11.3 Å². The van der Waals surface area contributed by atoms with Gasteiger partial charge in [-0.25, -0.2) is 0 Å². The highest BCUT2D eigenvalue weighted by atomic mass is 19.4. The summed E-state index contributed by atoms with van der Waals surface area (Å²) < 4.78 is 47.6. The molecule has 1 heterocycles. The first kappa shape index (κ1) is 22.3. The molecule has 0 radical (unpaired) electrons. The van der Waals surface area contributed by atoms with E-state index < -0.39 is 12.8 Å². The number of morpholine rings is 1. The van der Waals surface area contributed by atoms with Crippen molar-refractivity contribution in [3.05, 3.63) is 29.8 Å². The summed E-state index contributed by atoms with van der Waals surface area (Å²) in [6.45, 7) is 7.17. The first-order valence-corrected chi connectivity index (χ1v) is 9.26. The third kappa shape index (κ3) is 7.20. The van der Waals surface area contributed by atoms with E-state index in [4.69, 9.17) is 9.47 Å². The third-order valence-corrected chi connectivity index (χ3v) is 4.59. The summed E-state index contributed by atoms with van der Waals surface area (Å²) in [5.41, 5.74) is 0.539. The van der Waals surface area contributed by atoms with Crippen LogP contribution in [0.25, 0.3) is 0 Å². The van der Waals surface area contributed by atoms with Crippen molar-refractivity contribution >= 4 is 5.96 Å². The third-order valence-electron chi connectivity index (χ3n) is 4.59. The number of ether oxygens (including phenoxy) is 2. The predicted molar refractivity (Wildman–Crippen MR) is 103 cm³/mol. The molecule has 2 rings (SSSR count). The molecule has 0 aliphatic carbocycles. The summed E-state index contributed by atoms with van der Waals surface area (Å²) in [4.78, 5) is 6.55. The number of hydrogen-bond donors (Lipinski definition) is 2. The van der Waals surface area contributed by atoms with Gasteiger partial charge in [-0.15, -0.1) is 0 Å². The molecule has 0 amide bonds. The Morgan fingerprint density at radius 3 is 2.50 bits per heavy atom. The fourth-order valence-corrected chi connectivity index (χ4v) is 2.93. The number of nitrogens with zero attached hydrogens (tertiary/aromatic N) is 2. The molecule has 0 unspecified atom stereocenters. The predicted octanol–water partition coefficient (Wildman–Crippen LogP) is 2.40. The van der Waals surface area contributed by atoms with E-state index in [1.165, 1.54) is 6.07 Å². The minimum Gasteiger partial charge on any atom is -0.484 e. The topological polar surface area (TPSA) is 58.1 Å². The molecule has 1 aromatic rings. The fraction of sp³-hybridized carbons (Fsp3) is 0.632. The van der Waals surface area contributed by atoms with E-state index in [0.717, 1.165) is 26.3 Å². The van der Waals surface area contributed by atoms with Crippen molar-refractivity contribution in [2.24, 2.45) is 4.99 Å². The number of benzene rings is 1. The lowest BCUT2D eigenvalue weighted by molar-refractivity contribution is -0.153. The maximum atomic E-state index is 12.4. The molecular formula is C19H29F3N4O2. The minimum atomic E-state index is -4.37. The summed E-state index contributed by atoms with van der Waals surface area (Å²) in [5, 5.41) is 6.42. The molecule has 0 aromatic heterocycles. The first-order valence-electron chi connectivity index (χ1n) is 9.26. The molecule has 2 N–H and O–H groups in total. The molecule has 0 bridgehead atoms. The van der Waals surface area contributed by atoms with Crippen molar-refractivity contribution in [2.75, 3.05) is 46.5 Å². The van der Waals surface area contributed by atoms with Gasteiger partial charge in [0.25, 0.3) is 0 Å². The monoisotopic (exact) mass is 402 g/mol. The second-order valence-corrected chi connectivity index (χ2v) is 7.20. The van der Waals surface area contributed by atoms with Gasteiger partial charge in [0, 0.05) is 44.3 Å². The van der Waals surface area contributed by atoms with Gasteiger partial charge < -0.3 is 20.1 Å². The molecule has 1 aliphatic rings. The van der Waals surface area contributed by atoms with Crippen LogP contribution in [0, 0.1) is 0 Å². The summed E-state index contributed by atoms with van der Waals surface area (Å²) >= 11 is 0. The van der Waals surface area contributed by atoms with Crippen LogP contribution >= 0.6 is 0 Å². The van der Waals surface area contributed by atoms with Crippen LogP contribution in [0.4, 0.5) is 13.2 Å². The summed E-state index contributed by atoms with van der Waals surface area (Å²) in [7, 11) is 1.66. The Bertz CT molecular complexity index is 644. The molecule has 6 nitrogen and oxygen atoms in total. The van der Waals surface area contributed by atoms with Gasteiger partial charge in [0.2, 0.25) is 0 Å². The highest BCUT2D eigenvalue weighted by Gasteiger charge is 2.29. The first-order chi connectivity index (χ1) is 13.2. The van der Waals surface area contributed by atoms with Crippen molar-refractivity contribution < 1.29 is 22.6 Å². The van der Waals surface area contributed by atoms with Crippen molar-refractivity contribution in [3.8, 4) is 5.75 Å². The Hall–Kier alpha value is -2.00. The molecule has 1 aromatic carbocycles. The summed E-state index contributed by atoms with van der Waals surface area (Å²) in [6, 6.07) is 6.66. The van der Waals surface area contributed by atoms with Crippen molar-refractivity contribution in [1.29, 1.82) is 0 Å². The van der Waals surface area contributed by atoms with E-state index >= 15 is 0 Å². The lowest BCUT2D eigenvalue weighted by Gasteiger charge is -2.41. The van der Waals surface area contributed by atoms with Gasteiger partial charge in [-0.1, -0.05) is 18.2 Å². The molecular weight excluding hydrogens is 373 g/mol. The van der Waals surface area contributed by atoms with Crippen LogP contribution < -0.4 is 15.4 Å². The number of nitrogens with one attached hydrogen (secondary N) is 2. The van der Waals surface area contributed by atoms with Crippen LogP contribution in [0.15, 0.2) is 29.3 Å². The lowest BCUT2D eigenvalue weighted by Crippen LogP contribution is -2.56. The Labute approximate surface area is 164 Å². The van der Waals surface area contributed by atoms with Gasteiger partial charge in [0.15, 0.2) is 12.6 Å². The second kappa shape index (κ2) is 9.97. The Morgan fingerprint density at radius 1 is 1.18 bits per heavy atom. The number of aliphatic imine (C=N–C) groups is 1. The second-order valence-electron chi connectivity index (χ2n) is 7.20. The molecule has 1 fully saturated rings. The Kier molecular flexibility index (Phi) is 7.94. The van der Waals surface area contributed by atoms with Crippen LogP contribution in [0.1, 0.15) is 19.4 Å². The van der Waals surface area contributed by atoms with Crippen LogP contribution in [0.2, 0.25) is 0 Å². The normalized spacial score (nSPS) is 16.7. The zero-order valence-electron chi connectivity index (χ0n) is 16.6. The Morgan fingerprint density at radius 2 is 1.86 bits per heavy atom. The molecule has 9 heteroatoms. The smallest absolute Gasteiger partial charge is 0.422 e. The van der Waals surface area contributed by atoms with Gasteiger partial charge in [-0.3, -0.25) is 9.89 Å². The van der Waals surface area contributed by atoms with E-state index in [9.17, 15) is 13.2 Å². The average molecular weight is 402 g/mol. The van der Waals surface area contributed by atoms with Crippen molar-refractivity contribution in [2.45, 2.75) is 32.1 Å². The van der Waals surface area contributed by atoms with Crippen molar-refractivity contribution in [3.63, 3.8) is 0 Å². The average Bonchev–Trinajstić information content (AvgIpc) is 2.67. The zero-order valence-corrected chi connectivity index (χ0v) is 16.6. The largest absolute Gasteiger partial charge is 0.484 e. The zero-order chi connectivity index (χ0) is 20.6. The van der Waals surface area contributed by atoms with Crippen molar-refractivity contribution in [1.82, 2.24) is 15.5 Å². The lowest BCUT2D eigenvalue weighted by atomic mass is 10.0. The van der Waals surface area contributed by atoms with E-state index in [0.29, 0.717) is 24.6 Å². The minimum absolute atomic E-state index is 0.0882. The number of halogens is 3. The van der Waals surface area contributed by atoms with Gasteiger partial charge >= 0.3 is 6.18 Å². The van der Waals surface area contributed by atoms with E-state index in [1.54, 1.807) is 25.2 Å². The van der Waals surface area contributed by atoms with Gasteiger partial charge in [0.05, 0.1) is 13.2 Å². The van der Waals surface area contributed by atoms with Crippen LogP contribution in [-0.4, -0.2) is 69.1 Å². The summed E-state index contributed by atoms with van der Waals surface area (Å²) in [6.07, 6.45) is -4.37. The summed E-state index contributed by atoms with van der Waals surface area (Å²) in [5.74, 6) is 0.781. The number of hydrogen-bond acceptors (Lipinski definition) is 4. The molecule has 1 aliphatic heterocycles. The van der Waals surface area contributed by atoms with Gasteiger partial charge in [-0.05, 0) is 19.9 Å². The molecule has 0 atom stereocenters. The molecule has 1 saturated heterocycles. The Balaban J connectivity index is 1.88. The molecule has 28 heavy (non-hydrogen) atoms. The van der Waals surface area contributed by atoms with E-state index in [1.807, 2.05) is 0 Å². The maximum absolute atomic E-state index is 12.4. The van der Waals surface area contributed by atoms with Crippen LogP contribution in [0.3, 0.4) is 0 Å². The van der Waals surface area contributed by atoms with E-state index in [2.05, 4.69) is 34.4 Å². The van der Waals surface area contributed by atoms with Gasteiger partial charge in [0.1, 0.15) is 5.75 Å².